The number of hydrogen-bond acceptors (Lipinski definition) is 3. The van der Waals surface area contributed by atoms with Gasteiger partial charge in [0.2, 0.25) is 0 Å². The molecule has 4 saturated carbocycles. The lowest BCUT2D eigenvalue weighted by Gasteiger charge is -2.90. The molecule has 4 heteroatoms. The molecule has 0 bridgehead atoms. The molecule has 1 heterocycles. The van der Waals surface area contributed by atoms with Crippen LogP contribution in [-0.4, -0.2) is 27.6 Å². The van der Waals surface area contributed by atoms with E-state index in [-0.39, 0.29) is 11.7 Å². The van der Waals surface area contributed by atoms with Crippen LogP contribution in [0.1, 0.15) is 38.7 Å². The van der Waals surface area contributed by atoms with E-state index in [1.165, 1.54) is 19.3 Å². The first-order chi connectivity index (χ1) is 11.9. The molecule has 4 nitrogen and oxygen atoms in total. The SMILES string of the molecule is C=Cc1cc(O)cc(N2N(C3C4CC5CC6CC3C564)C(=O)C2(C)C)c1. The van der Waals surface area contributed by atoms with Crippen LogP contribution in [0.3, 0.4) is 0 Å². The number of carbonyl (C=O) groups excluding carboxylic acids is 1. The van der Waals surface area contributed by atoms with Gasteiger partial charge in [0, 0.05) is 6.07 Å². The van der Waals surface area contributed by atoms with Crippen LogP contribution in [0.15, 0.2) is 24.8 Å². The second-order valence-electron chi connectivity index (χ2n) is 9.31. The first-order valence-corrected chi connectivity index (χ1v) is 9.51. The minimum Gasteiger partial charge on any atom is -0.508 e. The first-order valence-electron chi connectivity index (χ1n) is 9.51. The Morgan fingerprint density at radius 1 is 1.16 bits per heavy atom. The number of amides is 1. The van der Waals surface area contributed by atoms with E-state index in [0.29, 0.717) is 23.3 Å². The number of phenolic OH excluding ortho intramolecular Hbond substituents is 1. The summed E-state index contributed by atoms with van der Waals surface area (Å²) in [4.78, 5) is 13.0. The Labute approximate surface area is 148 Å². The average Bonchev–Trinajstić information content (AvgIpc) is 2.50. The van der Waals surface area contributed by atoms with Gasteiger partial charge < -0.3 is 5.11 Å². The molecular weight excluding hydrogens is 312 g/mol. The van der Waals surface area contributed by atoms with Crippen molar-refractivity contribution in [2.75, 3.05) is 5.01 Å². The van der Waals surface area contributed by atoms with Crippen LogP contribution < -0.4 is 5.01 Å². The second-order valence-corrected chi connectivity index (χ2v) is 9.31. The number of phenols is 1. The van der Waals surface area contributed by atoms with E-state index in [0.717, 1.165) is 23.1 Å². The maximum Gasteiger partial charge on any atom is 0.268 e. The van der Waals surface area contributed by atoms with Crippen molar-refractivity contribution in [3.8, 4) is 5.75 Å². The van der Waals surface area contributed by atoms with Crippen molar-refractivity contribution in [1.29, 1.82) is 0 Å². The van der Waals surface area contributed by atoms with Gasteiger partial charge >= 0.3 is 0 Å². The number of rotatable bonds is 3. The third kappa shape index (κ3) is 1.25. The van der Waals surface area contributed by atoms with Gasteiger partial charge in [-0.1, -0.05) is 12.7 Å². The summed E-state index contributed by atoms with van der Waals surface area (Å²) in [5.41, 5.74) is 1.85. The molecule has 1 aromatic carbocycles. The van der Waals surface area contributed by atoms with E-state index in [1.807, 2.05) is 24.9 Å². The minimum atomic E-state index is -0.555. The molecule has 6 rings (SSSR count). The van der Waals surface area contributed by atoms with Gasteiger partial charge in [-0.3, -0.25) is 9.80 Å². The van der Waals surface area contributed by atoms with Crippen LogP contribution in [0, 0.1) is 29.1 Å². The number of hydrazine groups is 1. The smallest absolute Gasteiger partial charge is 0.268 e. The Morgan fingerprint density at radius 2 is 1.84 bits per heavy atom. The third-order valence-electron chi connectivity index (χ3n) is 8.33. The lowest BCUT2D eigenvalue weighted by atomic mass is 9.17. The predicted molar refractivity (Wildman–Crippen MR) is 95.6 cm³/mol. The fraction of sp³-hybridized carbons (Fsp3) is 0.571. The normalized spacial score (nSPS) is 44.2. The summed E-state index contributed by atoms with van der Waals surface area (Å²) in [7, 11) is 0. The molecule has 1 amide bonds. The predicted octanol–water partition coefficient (Wildman–Crippen LogP) is 3.42. The highest BCUT2D eigenvalue weighted by Crippen LogP contribution is 2.88. The quantitative estimate of drug-likeness (QED) is 0.920. The number of carbonyl (C=O) groups is 1. The summed E-state index contributed by atoms with van der Waals surface area (Å²) in [5.74, 6) is 3.80. The van der Waals surface area contributed by atoms with Crippen molar-refractivity contribution in [2.24, 2.45) is 29.1 Å². The van der Waals surface area contributed by atoms with E-state index in [1.54, 1.807) is 18.2 Å². The molecular formula is C21H24N2O2. The molecule has 1 spiro atoms. The molecule has 0 aromatic heterocycles. The van der Waals surface area contributed by atoms with Gasteiger partial charge in [-0.15, -0.1) is 0 Å². The number of benzene rings is 1. The standard InChI is InChI=1S/C21H24N2O2/c1-4-11-5-14(10-15(24)6-11)23-20(2,3)19(25)22(23)18-16-8-12-7-13-9-17(18)21(12,13)16/h4-6,10,12-13,16-18,24H,1,7-9H2,2-3H3. The van der Waals surface area contributed by atoms with E-state index in [9.17, 15) is 9.90 Å². The molecule has 5 aliphatic rings. The Hall–Kier alpha value is -1.97. The number of nitrogens with zero attached hydrogens (tertiary/aromatic N) is 2. The lowest BCUT2D eigenvalue weighted by Crippen LogP contribution is -2.92. The first kappa shape index (κ1) is 14.2. The van der Waals surface area contributed by atoms with E-state index < -0.39 is 5.54 Å². The molecule has 130 valence electrons. The zero-order chi connectivity index (χ0) is 17.3. The molecule has 1 N–H and O–H groups in total. The summed E-state index contributed by atoms with van der Waals surface area (Å²) < 4.78 is 0. The third-order valence-corrected chi connectivity index (χ3v) is 8.33. The highest BCUT2D eigenvalue weighted by Gasteiger charge is 2.86. The number of anilines is 1. The second kappa shape index (κ2) is 3.89. The van der Waals surface area contributed by atoms with Crippen LogP contribution in [0.2, 0.25) is 0 Å². The Kier molecular flexibility index (Phi) is 2.21. The van der Waals surface area contributed by atoms with Gasteiger partial charge in [0.25, 0.3) is 5.91 Å². The molecule has 4 unspecified atom stereocenters. The molecule has 25 heavy (non-hydrogen) atoms. The van der Waals surface area contributed by atoms with Crippen molar-refractivity contribution in [3.05, 3.63) is 30.3 Å². The molecule has 5 fully saturated rings. The molecule has 1 aliphatic heterocycles. The van der Waals surface area contributed by atoms with Gasteiger partial charge in [0.15, 0.2) is 0 Å². The highest BCUT2D eigenvalue weighted by molar-refractivity contribution is 5.98. The molecule has 1 saturated heterocycles. The fourth-order valence-corrected chi connectivity index (χ4v) is 7.35. The van der Waals surface area contributed by atoms with Crippen molar-refractivity contribution in [2.45, 2.75) is 44.7 Å². The Bertz CT molecular complexity index is 822. The van der Waals surface area contributed by atoms with E-state index in [2.05, 4.69) is 11.6 Å². The van der Waals surface area contributed by atoms with Gasteiger partial charge in [-0.25, -0.2) is 5.01 Å². The molecule has 1 aromatic rings. The van der Waals surface area contributed by atoms with Crippen molar-refractivity contribution in [1.82, 2.24) is 5.01 Å². The minimum absolute atomic E-state index is 0.221. The number of aromatic hydroxyl groups is 1. The number of hydrogen-bond donors (Lipinski definition) is 1. The summed E-state index contributed by atoms with van der Waals surface area (Å²) in [6.45, 7) is 7.77. The molecule has 4 aliphatic carbocycles. The zero-order valence-corrected chi connectivity index (χ0v) is 14.8. The highest BCUT2D eigenvalue weighted by atomic mass is 16.3. The van der Waals surface area contributed by atoms with Crippen LogP contribution in [-0.2, 0) is 4.79 Å². The summed E-state index contributed by atoms with van der Waals surface area (Å²) in [5, 5.41) is 14.3. The Balaban J connectivity index is 1.38. The van der Waals surface area contributed by atoms with Crippen molar-refractivity contribution in [3.63, 3.8) is 0 Å². The zero-order valence-electron chi connectivity index (χ0n) is 14.8. The summed E-state index contributed by atoms with van der Waals surface area (Å²) in [6, 6.07) is 5.86. The topological polar surface area (TPSA) is 43.8 Å². The van der Waals surface area contributed by atoms with Gasteiger partial charge in [0.1, 0.15) is 11.3 Å². The molecule has 0 radical (unpaired) electrons. The van der Waals surface area contributed by atoms with Crippen molar-refractivity contribution >= 4 is 17.7 Å². The van der Waals surface area contributed by atoms with Crippen LogP contribution in [0.4, 0.5) is 5.69 Å². The van der Waals surface area contributed by atoms with Crippen LogP contribution >= 0.6 is 0 Å². The van der Waals surface area contributed by atoms with Crippen LogP contribution in [0.25, 0.3) is 6.08 Å². The maximum atomic E-state index is 13.0. The Morgan fingerprint density at radius 3 is 2.44 bits per heavy atom. The fourth-order valence-electron chi connectivity index (χ4n) is 7.35. The summed E-state index contributed by atoms with van der Waals surface area (Å²) >= 11 is 0. The lowest BCUT2D eigenvalue weighted by molar-refractivity contribution is -0.408. The van der Waals surface area contributed by atoms with Gasteiger partial charge in [-0.05, 0) is 79.9 Å². The maximum absolute atomic E-state index is 13.0. The van der Waals surface area contributed by atoms with Gasteiger partial charge in [-0.2, -0.15) is 0 Å². The van der Waals surface area contributed by atoms with Crippen molar-refractivity contribution < 1.29 is 9.90 Å². The monoisotopic (exact) mass is 336 g/mol. The molecule has 4 atom stereocenters. The van der Waals surface area contributed by atoms with Gasteiger partial charge in [0.05, 0.1) is 11.7 Å². The average molecular weight is 336 g/mol. The van der Waals surface area contributed by atoms with E-state index >= 15 is 0 Å². The van der Waals surface area contributed by atoms with E-state index in [4.69, 9.17) is 0 Å². The largest absolute Gasteiger partial charge is 0.508 e. The summed E-state index contributed by atoms with van der Waals surface area (Å²) in [6.07, 6.45) is 5.81. The van der Waals surface area contributed by atoms with Crippen LogP contribution in [0.5, 0.6) is 5.75 Å².